The predicted molar refractivity (Wildman–Crippen MR) is 45.5 cm³/mol. The fraction of sp³-hybridized carbons (Fsp3) is 0.222. The third kappa shape index (κ3) is 1.99. The Morgan fingerprint density at radius 2 is 2.58 bits per heavy atom. The number of nitrogens with one attached hydrogen (secondary N) is 1. The number of rotatable bonds is 3. The van der Waals surface area contributed by atoms with Crippen molar-refractivity contribution in [2.75, 3.05) is 0 Å². The maximum Gasteiger partial charge on any atom is 0.243 e. The van der Waals surface area contributed by atoms with Gasteiger partial charge < -0.3 is 9.73 Å². The van der Waals surface area contributed by atoms with Crippen LogP contribution in [0.2, 0.25) is 0 Å². The molecule has 12 heavy (non-hydrogen) atoms. The second-order valence-electron chi connectivity index (χ2n) is 2.45. The molecule has 1 N–H and O–H groups in total. The van der Waals surface area contributed by atoms with E-state index in [4.69, 9.17) is 4.42 Å². The Morgan fingerprint density at radius 1 is 1.83 bits per heavy atom. The monoisotopic (exact) mass is 165 g/mol. The maximum atomic E-state index is 10.8. The van der Waals surface area contributed by atoms with Crippen molar-refractivity contribution in [2.24, 2.45) is 0 Å². The summed E-state index contributed by atoms with van der Waals surface area (Å²) in [6, 6.07) is 3.49. The molecule has 0 bridgehead atoms. The van der Waals surface area contributed by atoms with Crippen molar-refractivity contribution in [2.45, 2.75) is 13.0 Å². The Balaban J connectivity index is 2.55. The van der Waals surface area contributed by atoms with Gasteiger partial charge in [0.2, 0.25) is 5.91 Å². The molecule has 1 rings (SSSR count). The molecule has 0 saturated carbocycles. The number of carbonyl (C=O) groups excluding carboxylic acids is 1. The summed E-state index contributed by atoms with van der Waals surface area (Å²) in [5, 5.41) is 2.68. The van der Waals surface area contributed by atoms with Gasteiger partial charge in [0.1, 0.15) is 5.76 Å². The van der Waals surface area contributed by atoms with E-state index in [2.05, 4.69) is 11.9 Å². The molecule has 3 heteroatoms. The van der Waals surface area contributed by atoms with Crippen molar-refractivity contribution >= 4 is 5.91 Å². The lowest BCUT2D eigenvalue weighted by Crippen LogP contribution is -2.23. The number of furan rings is 1. The summed E-state index contributed by atoms with van der Waals surface area (Å²) < 4.78 is 5.09. The first-order valence-corrected chi connectivity index (χ1v) is 3.70. The second-order valence-corrected chi connectivity index (χ2v) is 2.45. The summed E-state index contributed by atoms with van der Waals surface area (Å²) in [6.07, 6.45) is 2.81. The summed E-state index contributed by atoms with van der Waals surface area (Å²) in [4.78, 5) is 10.8. The summed E-state index contributed by atoms with van der Waals surface area (Å²) in [5.74, 6) is 0.545. The van der Waals surface area contributed by atoms with Crippen molar-refractivity contribution in [3.8, 4) is 0 Å². The molecule has 1 amide bonds. The van der Waals surface area contributed by atoms with E-state index in [9.17, 15) is 4.79 Å². The molecule has 1 aromatic rings. The number of hydrogen-bond donors (Lipinski definition) is 1. The highest BCUT2D eigenvalue weighted by molar-refractivity contribution is 5.87. The van der Waals surface area contributed by atoms with Crippen LogP contribution in [0.1, 0.15) is 18.7 Å². The molecule has 1 atom stereocenters. The highest BCUT2D eigenvalue weighted by atomic mass is 16.3. The third-order valence-electron chi connectivity index (χ3n) is 1.51. The SMILES string of the molecule is C=CC(=O)N[C@H](C)c1ccco1. The van der Waals surface area contributed by atoms with Crippen LogP contribution in [0.5, 0.6) is 0 Å². The molecule has 64 valence electrons. The summed E-state index contributed by atoms with van der Waals surface area (Å²) >= 11 is 0. The zero-order valence-electron chi connectivity index (χ0n) is 6.91. The van der Waals surface area contributed by atoms with Crippen LogP contribution in [0.4, 0.5) is 0 Å². The molecule has 0 unspecified atom stereocenters. The van der Waals surface area contributed by atoms with E-state index in [1.54, 1.807) is 12.3 Å². The normalized spacial score (nSPS) is 12.1. The number of carbonyl (C=O) groups is 1. The van der Waals surface area contributed by atoms with Crippen LogP contribution in [-0.2, 0) is 4.79 Å². The minimum Gasteiger partial charge on any atom is -0.467 e. The van der Waals surface area contributed by atoms with E-state index < -0.39 is 0 Å². The van der Waals surface area contributed by atoms with Crippen molar-refractivity contribution in [1.82, 2.24) is 5.32 Å². The molecule has 1 heterocycles. The maximum absolute atomic E-state index is 10.8. The molecule has 3 nitrogen and oxygen atoms in total. The Kier molecular flexibility index (Phi) is 2.69. The average molecular weight is 165 g/mol. The Bertz CT molecular complexity index is 264. The van der Waals surface area contributed by atoms with Gasteiger partial charge in [-0.25, -0.2) is 0 Å². The fourth-order valence-electron chi connectivity index (χ4n) is 0.881. The van der Waals surface area contributed by atoms with Gasteiger partial charge in [0, 0.05) is 0 Å². The molecule has 0 fully saturated rings. The highest BCUT2D eigenvalue weighted by Gasteiger charge is 2.08. The van der Waals surface area contributed by atoms with Crippen LogP contribution in [0, 0.1) is 0 Å². The first kappa shape index (κ1) is 8.59. The van der Waals surface area contributed by atoms with Gasteiger partial charge in [0.05, 0.1) is 12.3 Å². The zero-order valence-corrected chi connectivity index (χ0v) is 6.91. The van der Waals surface area contributed by atoms with Crippen molar-refractivity contribution in [1.29, 1.82) is 0 Å². The number of hydrogen-bond acceptors (Lipinski definition) is 2. The molecule has 0 aliphatic carbocycles. The first-order chi connectivity index (χ1) is 5.74. The highest BCUT2D eigenvalue weighted by Crippen LogP contribution is 2.11. The smallest absolute Gasteiger partial charge is 0.243 e. The standard InChI is InChI=1S/C9H11NO2/c1-3-9(11)10-7(2)8-5-4-6-12-8/h3-7H,1H2,2H3,(H,10,11)/t7-/m1/s1. The lowest BCUT2D eigenvalue weighted by molar-refractivity contribution is -0.117. The van der Waals surface area contributed by atoms with Crippen LogP contribution in [0.3, 0.4) is 0 Å². The number of amides is 1. The van der Waals surface area contributed by atoms with Crippen LogP contribution in [-0.4, -0.2) is 5.91 Å². The van der Waals surface area contributed by atoms with Crippen LogP contribution in [0.15, 0.2) is 35.5 Å². The van der Waals surface area contributed by atoms with E-state index in [1.165, 1.54) is 6.08 Å². The minimum atomic E-state index is -0.195. The Hall–Kier alpha value is -1.51. The Morgan fingerprint density at radius 3 is 3.08 bits per heavy atom. The molecule has 0 radical (unpaired) electrons. The fourth-order valence-corrected chi connectivity index (χ4v) is 0.881. The molecular formula is C9H11NO2. The van der Waals surface area contributed by atoms with Gasteiger partial charge in [0.15, 0.2) is 0 Å². The van der Waals surface area contributed by atoms with Crippen molar-refractivity contribution < 1.29 is 9.21 Å². The van der Waals surface area contributed by atoms with Gasteiger partial charge in [-0.3, -0.25) is 4.79 Å². The van der Waals surface area contributed by atoms with Gasteiger partial charge in [0.25, 0.3) is 0 Å². The Labute approximate surface area is 71.1 Å². The lowest BCUT2D eigenvalue weighted by atomic mass is 10.2. The topological polar surface area (TPSA) is 42.2 Å². The van der Waals surface area contributed by atoms with Gasteiger partial charge >= 0.3 is 0 Å². The predicted octanol–water partition coefficient (Wildman–Crippen LogP) is 1.64. The molecule has 0 saturated heterocycles. The van der Waals surface area contributed by atoms with Crippen LogP contribution < -0.4 is 5.32 Å². The van der Waals surface area contributed by atoms with Gasteiger partial charge in [-0.15, -0.1) is 0 Å². The van der Waals surface area contributed by atoms with Gasteiger partial charge in [-0.2, -0.15) is 0 Å². The summed E-state index contributed by atoms with van der Waals surface area (Å²) in [6.45, 7) is 5.20. The second kappa shape index (κ2) is 3.76. The third-order valence-corrected chi connectivity index (χ3v) is 1.51. The zero-order chi connectivity index (χ0) is 8.97. The van der Waals surface area contributed by atoms with E-state index >= 15 is 0 Å². The molecule has 0 aliphatic rings. The van der Waals surface area contributed by atoms with Gasteiger partial charge in [-0.1, -0.05) is 6.58 Å². The van der Waals surface area contributed by atoms with Crippen molar-refractivity contribution in [3.05, 3.63) is 36.8 Å². The molecule has 0 aromatic carbocycles. The summed E-state index contributed by atoms with van der Waals surface area (Å²) in [5.41, 5.74) is 0. The van der Waals surface area contributed by atoms with E-state index in [0.717, 1.165) is 5.76 Å². The molecule has 0 spiro atoms. The molecular weight excluding hydrogens is 154 g/mol. The molecule has 0 aliphatic heterocycles. The van der Waals surface area contributed by atoms with Crippen LogP contribution in [0.25, 0.3) is 0 Å². The largest absolute Gasteiger partial charge is 0.467 e. The average Bonchev–Trinajstić information content (AvgIpc) is 2.56. The van der Waals surface area contributed by atoms with E-state index in [-0.39, 0.29) is 11.9 Å². The quantitative estimate of drug-likeness (QED) is 0.692. The first-order valence-electron chi connectivity index (χ1n) is 3.70. The van der Waals surface area contributed by atoms with Crippen LogP contribution >= 0.6 is 0 Å². The summed E-state index contributed by atoms with van der Waals surface area (Å²) in [7, 11) is 0. The van der Waals surface area contributed by atoms with Crippen molar-refractivity contribution in [3.63, 3.8) is 0 Å². The lowest BCUT2D eigenvalue weighted by Gasteiger charge is -2.08. The minimum absolute atomic E-state index is 0.106. The molecule has 1 aromatic heterocycles. The van der Waals surface area contributed by atoms with E-state index in [1.807, 2.05) is 13.0 Å². The van der Waals surface area contributed by atoms with E-state index in [0.29, 0.717) is 0 Å². The van der Waals surface area contributed by atoms with Gasteiger partial charge in [-0.05, 0) is 25.1 Å².